The van der Waals surface area contributed by atoms with Crippen LogP contribution < -0.4 is 5.73 Å². The van der Waals surface area contributed by atoms with Crippen molar-refractivity contribution in [3.8, 4) is 0 Å². The first-order valence-electron chi connectivity index (χ1n) is 24.0. The van der Waals surface area contributed by atoms with E-state index in [0.29, 0.717) is 12.8 Å². The maximum atomic E-state index is 12.6. The van der Waals surface area contributed by atoms with Crippen LogP contribution in [0.2, 0.25) is 0 Å². The van der Waals surface area contributed by atoms with E-state index < -0.39 is 51.1 Å². The topological polar surface area (TPSA) is 172 Å². The monoisotopic (exact) mass is 870 g/mol. The Morgan fingerprint density at radius 1 is 0.533 bits per heavy atom. The van der Waals surface area contributed by atoms with Crippen molar-refractivity contribution in [3.63, 3.8) is 0 Å². The van der Waals surface area contributed by atoms with E-state index in [9.17, 15) is 23.8 Å². The molecule has 0 bridgehead atoms. The van der Waals surface area contributed by atoms with Gasteiger partial charge in [-0.15, -0.1) is 0 Å². The number of hydrogen-bond donors (Lipinski definition) is 3. The van der Waals surface area contributed by atoms with Crippen molar-refractivity contribution in [3.05, 3.63) is 36.5 Å². The fourth-order valence-corrected chi connectivity index (χ4v) is 7.45. The molecule has 0 aromatic rings. The number of rotatable bonds is 45. The Morgan fingerprint density at radius 2 is 0.933 bits per heavy atom. The third-order valence-corrected chi connectivity index (χ3v) is 11.4. The number of allylic oxidation sites excluding steroid dienone is 6. The summed E-state index contributed by atoms with van der Waals surface area (Å²) in [4.78, 5) is 46.1. The predicted molar refractivity (Wildman–Crippen MR) is 245 cm³/mol. The quantitative estimate of drug-likeness (QED) is 0.0230. The zero-order valence-corrected chi connectivity index (χ0v) is 38.9. The molecule has 0 saturated carbocycles. The molecule has 11 nitrogen and oxygen atoms in total. The minimum Gasteiger partial charge on any atom is -0.480 e. The highest BCUT2D eigenvalue weighted by Gasteiger charge is 2.28. The number of nitrogens with two attached hydrogens (primary N) is 1. The molecule has 0 fully saturated rings. The van der Waals surface area contributed by atoms with E-state index in [1.165, 1.54) is 109 Å². The van der Waals surface area contributed by atoms with Crippen LogP contribution in [-0.4, -0.2) is 59.9 Å². The van der Waals surface area contributed by atoms with Gasteiger partial charge in [0.25, 0.3) is 0 Å². The Bertz CT molecular complexity index is 1160. The van der Waals surface area contributed by atoms with Crippen molar-refractivity contribution in [2.45, 2.75) is 231 Å². The van der Waals surface area contributed by atoms with Crippen molar-refractivity contribution < 1.29 is 47.5 Å². The molecule has 4 N–H and O–H groups in total. The van der Waals surface area contributed by atoms with Crippen LogP contribution in [0, 0.1) is 0 Å². The van der Waals surface area contributed by atoms with Crippen LogP contribution >= 0.6 is 7.82 Å². The number of unbranched alkanes of at least 4 members (excludes halogenated alkanes) is 25. The van der Waals surface area contributed by atoms with Gasteiger partial charge < -0.3 is 25.2 Å². The Kier molecular flexibility index (Phi) is 41.7. The van der Waals surface area contributed by atoms with Gasteiger partial charge in [-0.05, 0) is 44.9 Å². The van der Waals surface area contributed by atoms with Crippen LogP contribution in [0.1, 0.15) is 219 Å². The standard InChI is InChI=1S/C48H88NO10P/c1-3-5-7-9-11-13-15-17-19-20-21-22-23-24-26-27-29-31-33-35-37-39-46(50)56-41-44(42-57-60(54,55)58-43-45(49)48(52)53)59-47(51)40-38-36-34-32-30-28-25-18-16-14-12-10-8-6-4-2/h6,8,12,14,18,25,44-45H,3-5,7,9-11,13,15-17,19-24,26-43,49H2,1-2H3,(H,52,53)(H,54,55)/b8-6+,14-12+,25-18+/t44-,45-/m0/s1. The summed E-state index contributed by atoms with van der Waals surface area (Å²) in [5, 5.41) is 8.90. The first kappa shape index (κ1) is 57.7. The summed E-state index contributed by atoms with van der Waals surface area (Å²) >= 11 is 0. The number of esters is 2. The summed E-state index contributed by atoms with van der Waals surface area (Å²) in [7, 11) is -4.72. The van der Waals surface area contributed by atoms with Crippen LogP contribution in [0.5, 0.6) is 0 Å². The molecule has 350 valence electrons. The van der Waals surface area contributed by atoms with Crippen LogP contribution in [0.3, 0.4) is 0 Å². The second-order valence-electron chi connectivity index (χ2n) is 16.2. The Morgan fingerprint density at radius 3 is 1.40 bits per heavy atom. The maximum Gasteiger partial charge on any atom is 0.472 e. The van der Waals surface area contributed by atoms with Crippen molar-refractivity contribution in [1.82, 2.24) is 0 Å². The molecule has 0 aromatic heterocycles. The van der Waals surface area contributed by atoms with Crippen LogP contribution in [-0.2, 0) is 37.5 Å². The van der Waals surface area contributed by atoms with E-state index in [0.717, 1.165) is 70.6 Å². The number of carboxylic acids is 1. The fraction of sp³-hybridized carbons (Fsp3) is 0.812. The lowest BCUT2D eigenvalue weighted by Crippen LogP contribution is -2.34. The minimum atomic E-state index is -4.72. The third kappa shape index (κ3) is 42.4. The highest BCUT2D eigenvalue weighted by molar-refractivity contribution is 7.47. The van der Waals surface area contributed by atoms with Crippen molar-refractivity contribution >= 4 is 25.7 Å². The summed E-state index contributed by atoms with van der Waals surface area (Å²) in [5.41, 5.74) is 5.34. The smallest absolute Gasteiger partial charge is 0.472 e. The second-order valence-corrected chi connectivity index (χ2v) is 17.7. The molecule has 0 spiro atoms. The molecular weight excluding hydrogens is 781 g/mol. The highest BCUT2D eigenvalue weighted by atomic mass is 31.2. The predicted octanol–water partition coefficient (Wildman–Crippen LogP) is 13.2. The number of phosphoric acid groups is 1. The second kappa shape index (κ2) is 43.4. The highest BCUT2D eigenvalue weighted by Crippen LogP contribution is 2.43. The van der Waals surface area contributed by atoms with E-state index in [1.807, 2.05) is 0 Å². The van der Waals surface area contributed by atoms with Crippen LogP contribution in [0.4, 0.5) is 0 Å². The number of carbonyl (C=O) groups excluding carboxylic acids is 2. The zero-order valence-electron chi connectivity index (χ0n) is 38.1. The van der Waals surface area contributed by atoms with Gasteiger partial charge in [0.05, 0.1) is 13.2 Å². The number of phosphoric ester groups is 1. The molecule has 0 radical (unpaired) electrons. The molecule has 0 aromatic carbocycles. The Balaban J connectivity index is 4.25. The molecule has 1 unspecified atom stereocenters. The lowest BCUT2D eigenvalue weighted by Gasteiger charge is -2.20. The van der Waals surface area contributed by atoms with Gasteiger partial charge in [0, 0.05) is 12.8 Å². The first-order chi connectivity index (χ1) is 29.1. The van der Waals surface area contributed by atoms with E-state index in [4.69, 9.17) is 24.8 Å². The largest absolute Gasteiger partial charge is 0.480 e. The van der Waals surface area contributed by atoms with E-state index in [-0.39, 0.29) is 19.4 Å². The van der Waals surface area contributed by atoms with Crippen molar-refractivity contribution in [2.24, 2.45) is 5.73 Å². The maximum absolute atomic E-state index is 12.6. The third-order valence-electron chi connectivity index (χ3n) is 10.4. The fourth-order valence-electron chi connectivity index (χ4n) is 6.67. The van der Waals surface area contributed by atoms with E-state index in [2.05, 4.69) is 54.8 Å². The van der Waals surface area contributed by atoms with Gasteiger partial charge in [-0.2, -0.15) is 0 Å². The minimum absolute atomic E-state index is 0.143. The van der Waals surface area contributed by atoms with E-state index >= 15 is 0 Å². The van der Waals surface area contributed by atoms with Gasteiger partial charge in [-0.3, -0.25) is 23.4 Å². The molecule has 0 aliphatic rings. The van der Waals surface area contributed by atoms with Gasteiger partial charge in [-0.25, -0.2) is 4.57 Å². The van der Waals surface area contributed by atoms with Crippen molar-refractivity contribution in [1.29, 1.82) is 0 Å². The van der Waals surface area contributed by atoms with E-state index in [1.54, 1.807) is 0 Å². The molecule has 0 saturated heterocycles. The molecule has 0 aliphatic heterocycles. The number of carbonyl (C=O) groups is 3. The van der Waals surface area contributed by atoms with Crippen molar-refractivity contribution in [2.75, 3.05) is 19.8 Å². The molecule has 3 atom stereocenters. The number of carboxylic acid groups (broad SMARTS) is 1. The molecule has 0 rings (SSSR count). The molecule has 12 heteroatoms. The van der Waals surface area contributed by atoms with Gasteiger partial charge in [-0.1, -0.05) is 198 Å². The van der Waals surface area contributed by atoms with Gasteiger partial charge in [0.2, 0.25) is 0 Å². The average Bonchev–Trinajstić information content (AvgIpc) is 3.22. The Hall–Kier alpha value is -2.30. The lowest BCUT2D eigenvalue weighted by atomic mass is 10.0. The summed E-state index contributed by atoms with van der Waals surface area (Å²) in [5.74, 6) is -2.39. The average molecular weight is 870 g/mol. The number of ether oxygens (including phenoxy) is 2. The van der Waals surface area contributed by atoms with Gasteiger partial charge >= 0.3 is 25.7 Å². The Labute approximate surface area is 365 Å². The first-order valence-corrected chi connectivity index (χ1v) is 25.5. The summed E-state index contributed by atoms with van der Waals surface area (Å²) in [6.07, 6.45) is 47.8. The zero-order chi connectivity index (χ0) is 44.2. The number of aliphatic carboxylic acids is 1. The SMILES string of the molecule is CC/C=C/C/C=C/C/C=C/CCCCCCCC(=O)O[C@@H](COC(=O)CCCCCCCCCCCCCCCCCCCCCCC)COP(=O)(O)OC[C@H](N)C(=O)O. The summed E-state index contributed by atoms with van der Waals surface area (Å²) in [6.45, 7) is 2.70. The lowest BCUT2D eigenvalue weighted by molar-refractivity contribution is -0.161. The van der Waals surface area contributed by atoms with Gasteiger partial charge in [0.15, 0.2) is 6.10 Å². The molecule has 0 amide bonds. The summed E-state index contributed by atoms with van der Waals surface area (Å²) < 4.78 is 32.8. The van der Waals surface area contributed by atoms with Crippen LogP contribution in [0.15, 0.2) is 36.5 Å². The molecule has 0 aliphatic carbocycles. The number of hydrogen-bond acceptors (Lipinski definition) is 9. The summed E-state index contributed by atoms with van der Waals surface area (Å²) in [6, 6.07) is -1.52. The molecular formula is C48H88NO10P. The van der Waals surface area contributed by atoms with Crippen LogP contribution in [0.25, 0.3) is 0 Å². The van der Waals surface area contributed by atoms with Gasteiger partial charge in [0.1, 0.15) is 12.6 Å². The molecule has 0 heterocycles. The molecule has 60 heavy (non-hydrogen) atoms. The normalized spacial score (nSPS) is 13.9.